The van der Waals surface area contributed by atoms with E-state index in [1.54, 1.807) is 17.0 Å². The van der Waals surface area contributed by atoms with Crippen molar-refractivity contribution in [1.82, 2.24) is 4.72 Å². The smallest absolute Gasteiger partial charge is 0.307 e. The molecule has 1 aliphatic heterocycles. The molecule has 1 aliphatic carbocycles. The van der Waals surface area contributed by atoms with Gasteiger partial charge in [-0.1, -0.05) is 0 Å². The lowest BCUT2D eigenvalue weighted by Crippen LogP contribution is -2.31. The van der Waals surface area contributed by atoms with Gasteiger partial charge in [-0.15, -0.1) is 0 Å². The number of nitrogens with zero attached hydrogens (tertiary/aromatic N) is 1. The largest absolute Gasteiger partial charge is 0.481 e. The molecule has 1 aromatic carbocycles. The van der Waals surface area contributed by atoms with Crippen molar-refractivity contribution >= 4 is 27.6 Å². The highest BCUT2D eigenvalue weighted by atomic mass is 32.2. The van der Waals surface area contributed by atoms with E-state index in [1.165, 1.54) is 13.1 Å². The third-order valence-corrected chi connectivity index (χ3v) is 5.63. The molecule has 0 bridgehead atoms. The zero-order valence-corrected chi connectivity index (χ0v) is 12.8. The van der Waals surface area contributed by atoms with Crippen LogP contribution in [0.3, 0.4) is 0 Å². The van der Waals surface area contributed by atoms with E-state index in [2.05, 4.69) is 4.72 Å². The Hall–Kier alpha value is -1.93. The van der Waals surface area contributed by atoms with Gasteiger partial charge in [0.15, 0.2) is 0 Å². The van der Waals surface area contributed by atoms with E-state index in [1.807, 2.05) is 0 Å². The van der Waals surface area contributed by atoms with E-state index >= 15 is 0 Å². The number of anilines is 1. The predicted octanol–water partition coefficient (Wildman–Crippen LogP) is 0.204. The van der Waals surface area contributed by atoms with Crippen molar-refractivity contribution in [2.24, 2.45) is 11.8 Å². The number of rotatable bonds is 4. The van der Waals surface area contributed by atoms with Gasteiger partial charge in [0.1, 0.15) is 0 Å². The van der Waals surface area contributed by atoms with Crippen molar-refractivity contribution in [2.75, 3.05) is 18.5 Å². The molecule has 2 atom stereocenters. The van der Waals surface area contributed by atoms with E-state index in [0.29, 0.717) is 25.1 Å². The van der Waals surface area contributed by atoms with Crippen LogP contribution in [0.25, 0.3) is 0 Å². The van der Waals surface area contributed by atoms with Gasteiger partial charge < -0.3 is 10.0 Å². The fraction of sp³-hybridized carbons (Fsp3) is 0.429. The van der Waals surface area contributed by atoms with Crippen LogP contribution in [-0.4, -0.2) is 39.0 Å². The zero-order valence-electron chi connectivity index (χ0n) is 11.9. The monoisotopic (exact) mass is 324 g/mol. The molecule has 0 spiro atoms. The van der Waals surface area contributed by atoms with Crippen LogP contribution in [0.5, 0.6) is 0 Å². The minimum absolute atomic E-state index is 0.165. The molecule has 2 N–H and O–H groups in total. The summed E-state index contributed by atoms with van der Waals surface area (Å²) < 4.78 is 25.8. The second kappa shape index (κ2) is 5.06. The number of amides is 1. The molecule has 0 radical (unpaired) electrons. The quantitative estimate of drug-likeness (QED) is 0.823. The minimum Gasteiger partial charge on any atom is -0.481 e. The Labute approximate surface area is 128 Å². The van der Waals surface area contributed by atoms with Crippen molar-refractivity contribution in [2.45, 2.75) is 17.7 Å². The fourth-order valence-corrected chi connectivity index (χ4v) is 3.61. The predicted molar refractivity (Wildman–Crippen MR) is 78.0 cm³/mol. The van der Waals surface area contributed by atoms with E-state index in [4.69, 9.17) is 5.11 Å². The Balaban J connectivity index is 1.84. The van der Waals surface area contributed by atoms with Crippen molar-refractivity contribution in [3.8, 4) is 0 Å². The van der Waals surface area contributed by atoms with E-state index < -0.39 is 27.8 Å². The SMILES string of the molecule is CNS(=O)(=O)c1ccc2c(c1)CCN2C(=O)C1CC1C(=O)O. The first kappa shape index (κ1) is 15.0. The number of carbonyl (C=O) groups is 2. The molecule has 2 aliphatic rings. The highest BCUT2D eigenvalue weighted by molar-refractivity contribution is 7.89. The van der Waals surface area contributed by atoms with E-state index in [9.17, 15) is 18.0 Å². The zero-order chi connectivity index (χ0) is 16.1. The molecule has 1 saturated carbocycles. The first-order valence-corrected chi connectivity index (χ1v) is 8.44. The van der Waals surface area contributed by atoms with Gasteiger partial charge in [-0.2, -0.15) is 0 Å². The summed E-state index contributed by atoms with van der Waals surface area (Å²) in [6.07, 6.45) is 0.949. The third-order valence-electron chi connectivity index (χ3n) is 4.22. The van der Waals surface area contributed by atoms with Crippen LogP contribution >= 0.6 is 0 Å². The summed E-state index contributed by atoms with van der Waals surface area (Å²) >= 11 is 0. The maximum absolute atomic E-state index is 12.4. The average molecular weight is 324 g/mol. The highest BCUT2D eigenvalue weighted by Gasteiger charge is 2.50. The van der Waals surface area contributed by atoms with Gasteiger partial charge in [0.05, 0.1) is 16.7 Å². The molecule has 1 heterocycles. The van der Waals surface area contributed by atoms with Crippen LogP contribution in [0.15, 0.2) is 23.1 Å². The van der Waals surface area contributed by atoms with Crippen LogP contribution < -0.4 is 9.62 Å². The highest BCUT2D eigenvalue weighted by Crippen LogP contribution is 2.42. The van der Waals surface area contributed by atoms with Crippen LogP contribution in [0.4, 0.5) is 5.69 Å². The number of carbonyl (C=O) groups excluding carboxylic acids is 1. The van der Waals surface area contributed by atoms with Gasteiger partial charge >= 0.3 is 5.97 Å². The van der Waals surface area contributed by atoms with Gasteiger partial charge in [0.25, 0.3) is 0 Å². The fourth-order valence-electron chi connectivity index (χ4n) is 2.83. The lowest BCUT2D eigenvalue weighted by atomic mass is 10.2. The molecule has 2 unspecified atom stereocenters. The number of carboxylic acid groups (broad SMARTS) is 1. The molecule has 1 fully saturated rings. The third kappa shape index (κ3) is 2.38. The Morgan fingerprint density at radius 2 is 2.05 bits per heavy atom. The topological polar surface area (TPSA) is 104 Å². The summed E-state index contributed by atoms with van der Waals surface area (Å²) in [6.45, 7) is 0.458. The summed E-state index contributed by atoms with van der Waals surface area (Å²) in [6, 6.07) is 4.64. The summed E-state index contributed by atoms with van der Waals surface area (Å²) in [5.74, 6) is -2.16. The summed E-state index contributed by atoms with van der Waals surface area (Å²) in [5, 5.41) is 8.92. The van der Waals surface area contributed by atoms with Crippen molar-refractivity contribution < 1.29 is 23.1 Å². The number of hydrogen-bond acceptors (Lipinski definition) is 4. The Morgan fingerprint density at radius 1 is 1.32 bits per heavy atom. The van der Waals surface area contributed by atoms with Crippen LogP contribution in [0.1, 0.15) is 12.0 Å². The molecule has 7 nitrogen and oxygen atoms in total. The number of benzene rings is 1. The standard InChI is InChI=1S/C14H16N2O5S/c1-15-22(20,21)9-2-3-12-8(6-9)4-5-16(12)13(17)10-7-11(10)14(18)19/h2-3,6,10-11,15H,4-5,7H2,1H3,(H,18,19). The Morgan fingerprint density at radius 3 is 2.64 bits per heavy atom. The van der Waals surface area contributed by atoms with Gasteiger partial charge in [-0.25, -0.2) is 13.1 Å². The molecule has 118 valence electrons. The first-order valence-electron chi connectivity index (χ1n) is 6.96. The number of nitrogens with one attached hydrogen (secondary N) is 1. The number of aliphatic carboxylic acids is 1. The molecule has 0 aromatic heterocycles. The number of sulfonamides is 1. The van der Waals surface area contributed by atoms with Gasteiger partial charge in [0, 0.05) is 12.2 Å². The molecule has 0 saturated heterocycles. The lowest BCUT2D eigenvalue weighted by Gasteiger charge is -2.17. The van der Waals surface area contributed by atoms with Crippen molar-refractivity contribution in [3.63, 3.8) is 0 Å². The van der Waals surface area contributed by atoms with Crippen LogP contribution in [0, 0.1) is 11.8 Å². The van der Waals surface area contributed by atoms with Crippen molar-refractivity contribution in [1.29, 1.82) is 0 Å². The van der Waals surface area contributed by atoms with Gasteiger partial charge in [-0.05, 0) is 43.7 Å². The molecular formula is C14H16N2O5S. The normalized spacial score (nSPS) is 23.2. The number of carboxylic acids is 1. The summed E-state index contributed by atoms with van der Waals surface area (Å²) in [7, 11) is -2.17. The maximum atomic E-state index is 12.4. The molecule has 1 aromatic rings. The maximum Gasteiger partial charge on any atom is 0.307 e. The molecule has 1 amide bonds. The van der Waals surface area contributed by atoms with Crippen LogP contribution in [-0.2, 0) is 26.0 Å². The van der Waals surface area contributed by atoms with E-state index in [-0.39, 0.29) is 10.8 Å². The number of hydrogen-bond donors (Lipinski definition) is 2. The summed E-state index contributed by atoms with van der Waals surface area (Å²) in [5.41, 5.74) is 1.47. The molecule has 3 rings (SSSR count). The molecular weight excluding hydrogens is 308 g/mol. The van der Waals surface area contributed by atoms with E-state index in [0.717, 1.165) is 5.56 Å². The second-order valence-corrected chi connectivity index (χ2v) is 7.41. The molecule has 22 heavy (non-hydrogen) atoms. The average Bonchev–Trinajstić information content (AvgIpc) is 3.19. The lowest BCUT2D eigenvalue weighted by molar-refractivity contribution is -0.140. The Bertz CT molecular complexity index is 758. The van der Waals surface area contributed by atoms with Gasteiger partial charge in [0.2, 0.25) is 15.9 Å². The van der Waals surface area contributed by atoms with Crippen molar-refractivity contribution in [3.05, 3.63) is 23.8 Å². The van der Waals surface area contributed by atoms with Gasteiger partial charge in [-0.3, -0.25) is 9.59 Å². The second-order valence-electron chi connectivity index (χ2n) is 5.52. The first-order chi connectivity index (χ1) is 10.3. The molecule has 8 heteroatoms. The number of fused-ring (bicyclic) bond motifs is 1. The minimum atomic E-state index is -3.51. The van der Waals surface area contributed by atoms with Crippen LogP contribution in [0.2, 0.25) is 0 Å². The Kier molecular flexibility index (Phi) is 3.45. The summed E-state index contributed by atoms with van der Waals surface area (Å²) in [4.78, 5) is 25.0.